The van der Waals surface area contributed by atoms with Gasteiger partial charge in [-0.1, -0.05) is 30.3 Å². The van der Waals surface area contributed by atoms with Crippen LogP contribution >= 0.6 is 0 Å². The number of hydrogen-bond donors (Lipinski definition) is 2. The molecule has 2 aromatic rings. The van der Waals surface area contributed by atoms with E-state index in [-0.39, 0.29) is 5.56 Å². The van der Waals surface area contributed by atoms with E-state index >= 15 is 0 Å². The van der Waals surface area contributed by atoms with Crippen LogP contribution in [0, 0.1) is 0 Å². The Kier molecular flexibility index (Phi) is 9.61. The van der Waals surface area contributed by atoms with Crippen molar-refractivity contribution in [3.63, 3.8) is 0 Å². The minimum atomic E-state index is 0.0167. The molecule has 6 nitrogen and oxygen atoms in total. The van der Waals surface area contributed by atoms with E-state index < -0.39 is 0 Å². The van der Waals surface area contributed by atoms with Crippen molar-refractivity contribution in [1.29, 1.82) is 0 Å². The molecule has 0 amide bonds. The monoisotopic (exact) mass is 411 g/mol. The maximum absolute atomic E-state index is 11.8. The highest BCUT2D eigenvalue weighted by molar-refractivity contribution is 5.79. The largest absolute Gasteiger partial charge is 0.356 e. The number of rotatable bonds is 10. The van der Waals surface area contributed by atoms with E-state index in [2.05, 4.69) is 72.5 Å². The van der Waals surface area contributed by atoms with Crippen LogP contribution in [0.5, 0.6) is 0 Å². The molecule has 1 heterocycles. The predicted molar refractivity (Wildman–Crippen MR) is 126 cm³/mol. The van der Waals surface area contributed by atoms with Crippen LogP contribution in [-0.4, -0.2) is 47.6 Å². The van der Waals surface area contributed by atoms with Crippen LogP contribution in [0.25, 0.3) is 0 Å². The molecule has 164 valence electrons. The molecular weight excluding hydrogens is 374 g/mol. The molecule has 1 aromatic carbocycles. The van der Waals surface area contributed by atoms with Crippen molar-refractivity contribution in [3.8, 4) is 0 Å². The zero-order valence-corrected chi connectivity index (χ0v) is 19.1. The van der Waals surface area contributed by atoms with Gasteiger partial charge < -0.3 is 15.2 Å². The van der Waals surface area contributed by atoms with Crippen LogP contribution in [-0.2, 0) is 13.1 Å². The Morgan fingerprint density at radius 2 is 1.67 bits per heavy atom. The molecule has 0 aliphatic carbocycles. The van der Waals surface area contributed by atoms with Gasteiger partial charge in [0, 0.05) is 51.0 Å². The number of nitrogens with one attached hydrogen (secondary N) is 2. The molecule has 0 spiro atoms. The minimum Gasteiger partial charge on any atom is -0.356 e. The van der Waals surface area contributed by atoms with Gasteiger partial charge in [0.1, 0.15) is 0 Å². The standard InChI is InChI=1S/C24H37N5O/c1-19(2)29(20(3)4)16-8-14-26-24(25-5)27-17-21-10-12-22(13-11-21)18-28-15-7-6-9-23(28)30/h6-7,9-13,15,19-20H,8,14,16-18H2,1-5H3,(H2,25,26,27). The summed E-state index contributed by atoms with van der Waals surface area (Å²) in [7, 11) is 1.80. The summed E-state index contributed by atoms with van der Waals surface area (Å²) in [5.41, 5.74) is 2.30. The number of aliphatic imine (C=N–C) groups is 1. The van der Waals surface area contributed by atoms with Crippen molar-refractivity contribution in [3.05, 3.63) is 70.1 Å². The second-order valence-electron chi connectivity index (χ2n) is 8.11. The number of benzene rings is 1. The number of nitrogens with zero attached hydrogens (tertiary/aromatic N) is 3. The van der Waals surface area contributed by atoms with E-state index in [0.29, 0.717) is 25.2 Å². The van der Waals surface area contributed by atoms with Gasteiger partial charge in [-0.25, -0.2) is 0 Å². The van der Waals surface area contributed by atoms with Gasteiger partial charge in [-0.05, 0) is 51.3 Å². The van der Waals surface area contributed by atoms with Gasteiger partial charge in [-0.2, -0.15) is 0 Å². The van der Waals surface area contributed by atoms with Gasteiger partial charge in [-0.15, -0.1) is 0 Å². The molecule has 1 aromatic heterocycles. The maximum Gasteiger partial charge on any atom is 0.250 e. The third-order valence-corrected chi connectivity index (χ3v) is 5.17. The zero-order chi connectivity index (χ0) is 21.9. The quantitative estimate of drug-likeness (QED) is 0.358. The van der Waals surface area contributed by atoms with E-state index in [1.807, 2.05) is 12.3 Å². The molecule has 0 unspecified atom stereocenters. The van der Waals surface area contributed by atoms with Crippen LogP contribution in [0.1, 0.15) is 45.2 Å². The third kappa shape index (κ3) is 7.67. The number of guanidine groups is 1. The summed E-state index contributed by atoms with van der Waals surface area (Å²) < 4.78 is 1.71. The third-order valence-electron chi connectivity index (χ3n) is 5.17. The maximum atomic E-state index is 11.8. The molecule has 30 heavy (non-hydrogen) atoms. The van der Waals surface area contributed by atoms with Crippen LogP contribution in [0.4, 0.5) is 0 Å². The predicted octanol–water partition coefficient (Wildman–Crippen LogP) is 3.07. The summed E-state index contributed by atoms with van der Waals surface area (Å²) in [5.74, 6) is 0.815. The molecule has 6 heteroatoms. The first kappa shape index (κ1) is 23.7. The zero-order valence-electron chi connectivity index (χ0n) is 19.1. The van der Waals surface area contributed by atoms with Crippen molar-refractivity contribution in [2.24, 2.45) is 4.99 Å². The Hall–Kier alpha value is -2.60. The number of aromatic nitrogens is 1. The Morgan fingerprint density at radius 3 is 2.27 bits per heavy atom. The SMILES string of the molecule is CN=C(NCCCN(C(C)C)C(C)C)NCc1ccc(Cn2ccccc2=O)cc1. The van der Waals surface area contributed by atoms with Gasteiger partial charge >= 0.3 is 0 Å². The fourth-order valence-corrected chi connectivity index (χ4v) is 3.54. The molecule has 0 atom stereocenters. The topological polar surface area (TPSA) is 61.7 Å². The summed E-state index contributed by atoms with van der Waals surface area (Å²) in [6.07, 6.45) is 2.89. The summed E-state index contributed by atoms with van der Waals surface area (Å²) >= 11 is 0. The minimum absolute atomic E-state index is 0.0167. The summed E-state index contributed by atoms with van der Waals surface area (Å²) in [6, 6.07) is 14.7. The van der Waals surface area contributed by atoms with Gasteiger partial charge in [-0.3, -0.25) is 14.7 Å². The van der Waals surface area contributed by atoms with Gasteiger partial charge in [0.15, 0.2) is 5.96 Å². The highest BCUT2D eigenvalue weighted by Crippen LogP contribution is 2.06. The molecule has 0 aliphatic rings. The van der Waals surface area contributed by atoms with Crippen molar-refractivity contribution in [1.82, 2.24) is 20.1 Å². The summed E-state index contributed by atoms with van der Waals surface area (Å²) in [6.45, 7) is 12.2. The van der Waals surface area contributed by atoms with Crippen molar-refractivity contribution in [2.45, 2.75) is 59.3 Å². The lowest BCUT2D eigenvalue weighted by atomic mass is 10.1. The van der Waals surface area contributed by atoms with Gasteiger partial charge in [0.25, 0.3) is 5.56 Å². The molecule has 0 bridgehead atoms. The Labute approximate surface area is 181 Å². The fraction of sp³-hybridized carbons (Fsp3) is 0.500. The van der Waals surface area contributed by atoms with Gasteiger partial charge in [0.2, 0.25) is 0 Å². The second kappa shape index (κ2) is 12.2. The van der Waals surface area contributed by atoms with E-state index in [0.717, 1.165) is 31.0 Å². The average molecular weight is 412 g/mol. The molecule has 0 fully saturated rings. The lowest BCUT2D eigenvalue weighted by molar-refractivity contribution is 0.173. The highest BCUT2D eigenvalue weighted by atomic mass is 16.1. The highest BCUT2D eigenvalue weighted by Gasteiger charge is 2.12. The first-order valence-electron chi connectivity index (χ1n) is 10.8. The van der Waals surface area contributed by atoms with Gasteiger partial charge in [0.05, 0.1) is 6.54 Å². The van der Waals surface area contributed by atoms with Crippen LogP contribution < -0.4 is 16.2 Å². The summed E-state index contributed by atoms with van der Waals surface area (Å²) in [4.78, 5) is 18.7. The first-order valence-corrected chi connectivity index (χ1v) is 10.8. The Morgan fingerprint density at radius 1 is 1.00 bits per heavy atom. The van der Waals surface area contributed by atoms with E-state index in [1.165, 1.54) is 5.56 Å². The lowest BCUT2D eigenvalue weighted by Crippen LogP contribution is -2.41. The first-order chi connectivity index (χ1) is 14.4. The smallest absolute Gasteiger partial charge is 0.250 e. The van der Waals surface area contributed by atoms with Crippen LogP contribution in [0.15, 0.2) is 58.4 Å². The van der Waals surface area contributed by atoms with E-state index in [9.17, 15) is 4.79 Å². The van der Waals surface area contributed by atoms with Crippen LogP contribution in [0.2, 0.25) is 0 Å². The fourth-order valence-electron chi connectivity index (χ4n) is 3.54. The van der Waals surface area contributed by atoms with Crippen molar-refractivity contribution < 1.29 is 0 Å². The lowest BCUT2D eigenvalue weighted by Gasteiger charge is -2.30. The molecule has 0 saturated carbocycles. The molecule has 2 rings (SSSR count). The molecule has 0 radical (unpaired) electrons. The normalized spacial score (nSPS) is 12.1. The molecule has 2 N–H and O–H groups in total. The molecule has 0 saturated heterocycles. The average Bonchev–Trinajstić information content (AvgIpc) is 2.72. The molecule has 0 aliphatic heterocycles. The Balaban J connectivity index is 1.77. The Bertz CT molecular complexity index is 831. The van der Waals surface area contributed by atoms with Crippen molar-refractivity contribution in [2.75, 3.05) is 20.1 Å². The van der Waals surface area contributed by atoms with Crippen molar-refractivity contribution >= 4 is 5.96 Å². The number of pyridine rings is 1. The second-order valence-corrected chi connectivity index (χ2v) is 8.11. The number of hydrogen-bond acceptors (Lipinski definition) is 3. The van der Waals surface area contributed by atoms with Crippen LogP contribution in [0.3, 0.4) is 0 Å². The molecular formula is C24H37N5O. The summed E-state index contributed by atoms with van der Waals surface area (Å²) in [5, 5.41) is 6.77. The van der Waals surface area contributed by atoms with E-state index in [1.54, 1.807) is 23.7 Å². The van der Waals surface area contributed by atoms with E-state index in [4.69, 9.17) is 0 Å².